The van der Waals surface area contributed by atoms with Gasteiger partial charge in [0.1, 0.15) is 0 Å². The van der Waals surface area contributed by atoms with Crippen molar-refractivity contribution in [3.05, 3.63) is 47.7 Å². The fourth-order valence-electron chi connectivity index (χ4n) is 1.43. The van der Waals surface area contributed by atoms with E-state index < -0.39 is 0 Å². The number of ether oxygens (including phenoxy) is 1. The van der Waals surface area contributed by atoms with Crippen molar-refractivity contribution < 1.29 is 9.53 Å². The zero-order valence-corrected chi connectivity index (χ0v) is 13.3. The second-order valence-corrected chi connectivity index (χ2v) is 4.05. The minimum Gasteiger partial charge on any atom is -0.396 e. The van der Waals surface area contributed by atoms with Crippen LogP contribution in [-0.4, -0.2) is 25.5 Å². The van der Waals surface area contributed by atoms with Crippen molar-refractivity contribution in [3.8, 4) is 6.07 Å². The zero-order valence-electron chi connectivity index (χ0n) is 12.3. The minimum absolute atomic E-state index is 0. The smallest absolute Gasteiger partial charge is 0.153 e. The van der Waals surface area contributed by atoms with E-state index in [1.807, 2.05) is 6.07 Å². The lowest BCUT2D eigenvalue weighted by atomic mass is 10.2. The predicted octanol–water partition coefficient (Wildman–Crippen LogP) is 2.47. The number of nitriles is 1. The van der Waals surface area contributed by atoms with Gasteiger partial charge in [-0.1, -0.05) is 0 Å². The van der Waals surface area contributed by atoms with Gasteiger partial charge in [-0.3, -0.25) is 4.79 Å². The summed E-state index contributed by atoms with van der Waals surface area (Å²) in [4.78, 5) is 14.6. The maximum Gasteiger partial charge on any atom is 0.153 e. The fraction of sp³-hybridized carbons (Fsp3) is 0.133. The van der Waals surface area contributed by atoms with Crippen LogP contribution in [0.25, 0.3) is 0 Å². The monoisotopic (exact) mass is 318 g/mol. The van der Waals surface area contributed by atoms with E-state index in [0.717, 1.165) is 5.69 Å². The van der Waals surface area contributed by atoms with Gasteiger partial charge in [0.15, 0.2) is 12.1 Å². The van der Waals surface area contributed by atoms with Crippen LogP contribution in [0.15, 0.2) is 36.5 Å². The third-order valence-electron chi connectivity index (χ3n) is 2.35. The fourth-order valence-corrected chi connectivity index (χ4v) is 1.43. The van der Waals surface area contributed by atoms with Gasteiger partial charge < -0.3 is 15.8 Å². The predicted molar refractivity (Wildman–Crippen MR) is 91.8 cm³/mol. The molecule has 0 unspecified atom stereocenters. The lowest BCUT2D eigenvalue weighted by molar-refractivity contribution is 0.112. The topological polar surface area (TPSA) is 101 Å². The Morgan fingerprint density at radius 1 is 1.32 bits per heavy atom. The molecule has 0 fully saturated rings. The number of hydrogen-bond donors (Lipinski definition) is 2. The maximum absolute atomic E-state index is 10.6. The van der Waals surface area contributed by atoms with E-state index in [4.69, 9.17) is 11.0 Å². The number of aromatic nitrogens is 1. The summed E-state index contributed by atoms with van der Waals surface area (Å²) in [5, 5.41) is 11.7. The summed E-state index contributed by atoms with van der Waals surface area (Å²) >= 11 is 0. The number of rotatable bonds is 3. The summed E-state index contributed by atoms with van der Waals surface area (Å²) in [6.45, 7) is 0. The van der Waals surface area contributed by atoms with Crippen LogP contribution >= 0.6 is 13.5 Å². The number of aldehydes is 1. The van der Waals surface area contributed by atoms with Gasteiger partial charge in [0, 0.05) is 31.7 Å². The highest BCUT2D eigenvalue weighted by molar-refractivity contribution is 7.59. The molecule has 0 amide bonds. The van der Waals surface area contributed by atoms with Crippen molar-refractivity contribution in [1.29, 1.82) is 5.26 Å². The molecule has 2 rings (SSSR count). The molecule has 1 aromatic carbocycles. The number of nitrogen functional groups attached to an aromatic ring is 1. The number of hydrogen-bond acceptors (Lipinski definition) is 6. The molecule has 6 nitrogen and oxygen atoms in total. The quantitative estimate of drug-likeness (QED) is 0.843. The molecule has 1 heterocycles. The Bertz CT molecular complexity index is 639. The molecule has 0 bridgehead atoms. The maximum atomic E-state index is 10.6. The van der Waals surface area contributed by atoms with Gasteiger partial charge in [0.25, 0.3) is 0 Å². The van der Waals surface area contributed by atoms with Crippen LogP contribution in [0.3, 0.4) is 0 Å². The van der Waals surface area contributed by atoms with Gasteiger partial charge in [-0.15, -0.1) is 0 Å². The summed E-state index contributed by atoms with van der Waals surface area (Å²) < 4.78 is 4.25. The molecule has 0 spiro atoms. The third-order valence-corrected chi connectivity index (χ3v) is 2.35. The normalized spacial score (nSPS) is 8.59. The van der Waals surface area contributed by atoms with Crippen molar-refractivity contribution in [3.63, 3.8) is 0 Å². The number of carbonyl (C=O) groups excluding carboxylic acids is 1. The highest BCUT2D eigenvalue weighted by atomic mass is 32.1. The molecule has 3 N–H and O–H groups in total. The Labute approximate surface area is 136 Å². The Kier molecular flexibility index (Phi) is 9.02. The highest BCUT2D eigenvalue weighted by Gasteiger charge is 2.03. The average Bonchev–Trinajstić information content (AvgIpc) is 2.51. The molecule has 0 radical (unpaired) electrons. The second-order valence-electron chi connectivity index (χ2n) is 4.05. The Hall–Kier alpha value is -2.56. The first-order valence-corrected chi connectivity index (χ1v) is 6.02. The summed E-state index contributed by atoms with van der Waals surface area (Å²) in [5.41, 5.74) is 7.94. The molecule has 116 valence electrons. The lowest BCUT2D eigenvalue weighted by Gasteiger charge is -2.08. The highest BCUT2D eigenvalue weighted by Crippen LogP contribution is 2.21. The molecule has 0 atom stereocenters. The van der Waals surface area contributed by atoms with Crippen molar-refractivity contribution >= 4 is 37.0 Å². The lowest BCUT2D eigenvalue weighted by Crippen LogP contribution is -2.00. The first-order valence-electron chi connectivity index (χ1n) is 6.02. The largest absolute Gasteiger partial charge is 0.396 e. The molecule has 22 heavy (non-hydrogen) atoms. The first kappa shape index (κ1) is 19.4. The molecular formula is C15H18N4O2S. The molecular weight excluding hydrogens is 300 g/mol. The number of carbonyl (C=O) groups is 1. The number of pyridine rings is 1. The number of benzene rings is 1. The van der Waals surface area contributed by atoms with Crippen LogP contribution in [0.4, 0.5) is 17.2 Å². The molecule has 2 aromatic rings. The van der Waals surface area contributed by atoms with Gasteiger partial charge in [-0.2, -0.15) is 18.8 Å². The van der Waals surface area contributed by atoms with Crippen molar-refractivity contribution in [2.45, 2.75) is 0 Å². The van der Waals surface area contributed by atoms with Crippen LogP contribution in [-0.2, 0) is 4.74 Å². The van der Waals surface area contributed by atoms with Crippen LogP contribution in [0.1, 0.15) is 15.9 Å². The van der Waals surface area contributed by atoms with Crippen molar-refractivity contribution in [1.82, 2.24) is 4.98 Å². The molecule has 7 heteroatoms. The van der Waals surface area contributed by atoms with Crippen molar-refractivity contribution in [2.75, 3.05) is 25.3 Å². The third kappa shape index (κ3) is 5.83. The Balaban J connectivity index is 0.00000102. The number of anilines is 3. The van der Waals surface area contributed by atoms with Crippen LogP contribution in [0.2, 0.25) is 0 Å². The number of methoxy groups -OCH3 is 1. The molecule has 1 aromatic heterocycles. The van der Waals surface area contributed by atoms with Crippen molar-refractivity contribution in [2.24, 2.45) is 0 Å². The SMILES string of the molecule is COC.N#Cc1ccc(Nc2ncc(C=O)cc2N)cc1.S. The van der Waals surface area contributed by atoms with Crippen LogP contribution in [0.5, 0.6) is 0 Å². The minimum atomic E-state index is 0. The molecule has 0 aliphatic carbocycles. The molecule has 0 aliphatic heterocycles. The summed E-state index contributed by atoms with van der Waals surface area (Å²) in [6.07, 6.45) is 2.13. The van der Waals surface area contributed by atoms with Crippen LogP contribution < -0.4 is 11.1 Å². The molecule has 0 saturated carbocycles. The van der Waals surface area contributed by atoms with Gasteiger partial charge >= 0.3 is 0 Å². The van der Waals surface area contributed by atoms with E-state index in [0.29, 0.717) is 28.9 Å². The average molecular weight is 318 g/mol. The Morgan fingerprint density at radius 2 is 1.91 bits per heavy atom. The number of nitrogens with one attached hydrogen (secondary N) is 1. The zero-order chi connectivity index (χ0) is 15.7. The standard InChI is InChI=1S/C13H10N4O.C2H6O.H2S/c14-6-9-1-3-11(4-2-9)17-13-12(15)5-10(8-18)7-16-13;1-3-2;/h1-5,7-8H,15H2,(H,16,17);1-2H3;1H2. The van der Waals surface area contributed by atoms with Gasteiger partial charge in [0.2, 0.25) is 0 Å². The van der Waals surface area contributed by atoms with E-state index >= 15 is 0 Å². The van der Waals surface area contributed by atoms with Gasteiger partial charge in [0.05, 0.1) is 17.3 Å². The molecule has 0 aliphatic rings. The van der Waals surface area contributed by atoms with Gasteiger partial charge in [-0.25, -0.2) is 4.98 Å². The van der Waals surface area contributed by atoms with E-state index in [2.05, 4.69) is 15.0 Å². The number of nitrogens with zero attached hydrogens (tertiary/aromatic N) is 2. The Morgan fingerprint density at radius 3 is 2.36 bits per heavy atom. The van der Waals surface area contributed by atoms with E-state index in [9.17, 15) is 4.79 Å². The van der Waals surface area contributed by atoms with E-state index in [1.165, 1.54) is 6.20 Å². The first-order chi connectivity index (χ1) is 10.1. The molecule has 0 saturated heterocycles. The summed E-state index contributed by atoms with van der Waals surface area (Å²) in [7, 11) is 3.25. The van der Waals surface area contributed by atoms with Gasteiger partial charge in [-0.05, 0) is 30.3 Å². The summed E-state index contributed by atoms with van der Waals surface area (Å²) in [6, 6.07) is 10.5. The van der Waals surface area contributed by atoms with E-state index in [1.54, 1.807) is 44.6 Å². The summed E-state index contributed by atoms with van der Waals surface area (Å²) in [5.74, 6) is 0.477. The second kappa shape index (κ2) is 10.2. The van der Waals surface area contributed by atoms with E-state index in [-0.39, 0.29) is 13.5 Å². The van der Waals surface area contributed by atoms with Crippen LogP contribution in [0, 0.1) is 11.3 Å². The number of nitrogens with two attached hydrogens (primary N) is 1.